The van der Waals surface area contributed by atoms with Crippen LogP contribution in [0.25, 0.3) is 0 Å². The summed E-state index contributed by atoms with van der Waals surface area (Å²) in [4.78, 5) is 6.12. The number of pyridine rings is 1. The van der Waals surface area contributed by atoms with Crippen molar-refractivity contribution in [2.24, 2.45) is 0 Å². The fourth-order valence-corrected chi connectivity index (χ4v) is 1.25. The van der Waals surface area contributed by atoms with Gasteiger partial charge in [-0.1, -0.05) is 17.7 Å². The second kappa shape index (κ2) is 5.17. The first kappa shape index (κ1) is 10.4. The molecule has 1 heterocycles. The molecule has 0 saturated heterocycles. The van der Waals surface area contributed by atoms with E-state index < -0.39 is 0 Å². The van der Waals surface area contributed by atoms with E-state index in [9.17, 15) is 0 Å². The Bertz CT molecular complexity index is 268. The molecule has 0 radical (unpaired) electrons. The Hall–Kier alpha value is -0.640. The van der Waals surface area contributed by atoms with Crippen molar-refractivity contribution in [2.75, 3.05) is 20.2 Å². The maximum Gasteiger partial charge on any atom is 0.129 e. The van der Waals surface area contributed by atoms with E-state index in [1.165, 1.54) is 0 Å². The van der Waals surface area contributed by atoms with Crippen molar-refractivity contribution < 1.29 is 5.11 Å². The number of likely N-dealkylation sites (N-methyl/N-ethyl adjacent to an activating group) is 1. The molecule has 13 heavy (non-hydrogen) atoms. The summed E-state index contributed by atoms with van der Waals surface area (Å²) in [6.07, 6.45) is 0. The zero-order chi connectivity index (χ0) is 9.68. The van der Waals surface area contributed by atoms with Crippen molar-refractivity contribution in [1.82, 2.24) is 9.88 Å². The van der Waals surface area contributed by atoms with Gasteiger partial charge in [-0.15, -0.1) is 0 Å². The fraction of sp³-hybridized carbons (Fsp3) is 0.444. The lowest BCUT2D eigenvalue weighted by atomic mass is 10.3. The van der Waals surface area contributed by atoms with Crippen LogP contribution in [0.1, 0.15) is 5.69 Å². The monoisotopic (exact) mass is 200 g/mol. The quantitative estimate of drug-likeness (QED) is 0.742. The summed E-state index contributed by atoms with van der Waals surface area (Å²) in [6, 6.07) is 5.54. The summed E-state index contributed by atoms with van der Waals surface area (Å²) in [6.45, 7) is 1.52. The van der Waals surface area contributed by atoms with Crippen molar-refractivity contribution in [3.63, 3.8) is 0 Å². The molecule has 0 fully saturated rings. The second-order valence-corrected chi connectivity index (χ2v) is 3.30. The van der Waals surface area contributed by atoms with Gasteiger partial charge in [-0.2, -0.15) is 0 Å². The molecular formula is C9H13ClN2O. The lowest BCUT2D eigenvalue weighted by Gasteiger charge is -2.13. The Morgan fingerprint density at radius 2 is 2.31 bits per heavy atom. The highest BCUT2D eigenvalue weighted by Crippen LogP contribution is 2.06. The minimum atomic E-state index is 0.164. The topological polar surface area (TPSA) is 36.4 Å². The van der Waals surface area contributed by atoms with E-state index in [0.717, 1.165) is 5.69 Å². The predicted octanol–water partition coefficient (Wildman–Crippen LogP) is 1.16. The summed E-state index contributed by atoms with van der Waals surface area (Å²) >= 11 is 5.73. The molecule has 0 spiro atoms. The van der Waals surface area contributed by atoms with Crippen molar-refractivity contribution >= 4 is 11.6 Å². The lowest BCUT2D eigenvalue weighted by molar-refractivity contribution is 0.216. The molecule has 1 aromatic heterocycles. The Morgan fingerprint density at radius 1 is 1.54 bits per heavy atom. The van der Waals surface area contributed by atoms with Gasteiger partial charge in [0.25, 0.3) is 0 Å². The summed E-state index contributed by atoms with van der Waals surface area (Å²) in [7, 11) is 1.93. The maximum absolute atomic E-state index is 8.68. The third kappa shape index (κ3) is 3.72. The summed E-state index contributed by atoms with van der Waals surface area (Å²) < 4.78 is 0. The highest BCUT2D eigenvalue weighted by atomic mass is 35.5. The summed E-state index contributed by atoms with van der Waals surface area (Å²) in [5, 5.41) is 9.19. The molecule has 1 aromatic rings. The molecule has 0 aliphatic heterocycles. The van der Waals surface area contributed by atoms with Crippen LogP contribution in [-0.4, -0.2) is 35.2 Å². The average Bonchev–Trinajstić information content (AvgIpc) is 2.04. The van der Waals surface area contributed by atoms with E-state index in [1.54, 1.807) is 6.07 Å². The molecule has 0 aliphatic carbocycles. The maximum atomic E-state index is 8.68. The average molecular weight is 201 g/mol. The van der Waals surface area contributed by atoms with E-state index in [-0.39, 0.29) is 6.61 Å². The Morgan fingerprint density at radius 3 is 2.92 bits per heavy atom. The molecule has 0 bridgehead atoms. The molecule has 0 saturated carbocycles. The molecule has 0 aliphatic rings. The van der Waals surface area contributed by atoms with E-state index in [2.05, 4.69) is 4.98 Å². The van der Waals surface area contributed by atoms with E-state index in [4.69, 9.17) is 16.7 Å². The predicted molar refractivity (Wildman–Crippen MR) is 52.7 cm³/mol. The zero-order valence-electron chi connectivity index (χ0n) is 7.57. The minimum absolute atomic E-state index is 0.164. The van der Waals surface area contributed by atoms with Gasteiger partial charge in [-0.25, -0.2) is 4.98 Å². The molecule has 0 aromatic carbocycles. The standard InChI is InChI=1S/C9H13ClN2O/c1-12(5-6-13)7-8-3-2-4-9(10)11-8/h2-4,13H,5-7H2,1H3. The van der Waals surface area contributed by atoms with Gasteiger partial charge in [0, 0.05) is 13.1 Å². The number of halogens is 1. The number of rotatable bonds is 4. The van der Waals surface area contributed by atoms with Crippen LogP contribution in [0, 0.1) is 0 Å². The largest absolute Gasteiger partial charge is 0.395 e. The Labute approximate surface area is 83.0 Å². The number of aliphatic hydroxyl groups is 1. The molecule has 3 nitrogen and oxygen atoms in total. The number of aromatic nitrogens is 1. The molecule has 1 rings (SSSR count). The van der Waals surface area contributed by atoms with Crippen molar-refractivity contribution in [2.45, 2.75) is 6.54 Å². The van der Waals surface area contributed by atoms with Crippen LogP contribution in [-0.2, 0) is 6.54 Å². The van der Waals surface area contributed by atoms with Gasteiger partial charge < -0.3 is 5.11 Å². The molecule has 0 amide bonds. The number of hydrogen-bond acceptors (Lipinski definition) is 3. The molecule has 0 unspecified atom stereocenters. The third-order valence-electron chi connectivity index (χ3n) is 1.69. The highest BCUT2D eigenvalue weighted by molar-refractivity contribution is 6.29. The summed E-state index contributed by atoms with van der Waals surface area (Å²) in [5.41, 5.74) is 0.920. The van der Waals surface area contributed by atoms with E-state index in [0.29, 0.717) is 18.2 Å². The number of nitrogens with zero attached hydrogens (tertiary/aromatic N) is 2. The first-order chi connectivity index (χ1) is 6.22. The van der Waals surface area contributed by atoms with Gasteiger partial charge in [0.1, 0.15) is 5.15 Å². The fourth-order valence-electron chi connectivity index (χ4n) is 1.06. The smallest absolute Gasteiger partial charge is 0.129 e. The lowest BCUT2D eigenvalue weighted by Crippen LogP contribution is -2.21. The minimum Gasteiger partial charge on any atom is -0.395 e. The van der Waals surface area contributed by atoms with Crippen LogP contribution in [0.5, 0.6) is 0 Å². The van der Waals surface area contributed by atoms with Crippen LogP contribution >= 0.6 is 11.6 Å². The SMILES string of the molecule is CN(CCO)Cc1cccc(Cl)n1. The van der Waals surface area contributed by atoms with Gasteiger partial charge in [0.2, 0.25) is 0 Å². The van der Waals surface area contributed by atoms with Crippen molar-refractivity contribution in [3.05, 3.63) is 29.0 Å². The second-order valence-electron chi connectivity index (χ2n) is 2.91. The van der Waals surface area contributed by atoms with Crippen LogP contribution in [0.2, 0.25) is 5.15 Å². The molecular weight excluding hydrogens is 188 g/mol. The highest BCUT2D eigenvalue weighted by Gasteiger charge is 2.00. The zero-order valence-corrected chi connectivity index (χ0v) is 8.33. The number of hydrogen-bond donors (Lipinski definition) is 1. The van der Waals surface area contributed by atoms with Gasteiger partial charge in [0.05, 0.1) is 12.3 Å². The third-order valence-corrected chi connectivity index (χ3v) is 1.90. The van der Waals surface area contributed by atoms with Crippen LogP contribution in [0.3, 0.4) is 0 Å². The molecule has 4 heteroatoms. The van der Waals surface area contributed by atoms with Crippen molar-refractivity contribution in [1.29, 1.82) is 0 Å². The first-order valence-corrected chi connectivity index (χ1v) is 4.51. The van der Waals surface area contributed by atoms with Gasteiger partial charge in [0.15, 0.2) is 0 Å². The van der Waals surface area contributed by atoms with Crippen LogP contribution < -0.4 is 0 Å². The van der Waals surface area contributed by atoms with Gasteiger partial charge >= 0.3 is 0 Å². The molecule has 1 N–H and O–H groups in total. The van der Waals surface area contributed by atoms with Crippen LogP contribution in [0.15, 0.2) is 18.2 Å². The number of aliphatic hydroxyl groups excluding tert-OH is 1. The van der Waals surface area contributed by atoms with Crippen LogP contribution in [0.4, 0.5) is 0 Å². The normalized spacial score (nSPS) is 10.8. The summed E-state index contributed by atoms with van der Waals surface area (Å²) in [5.74, 6) is 0. The Balaban J connectivity index is 2.53. The van der Waals surface area contributed by atoms with Crippen molar-refractivity contribution in [3.8, 4) is 0 Å². The van der Waals surface area contributed by atoms with E-state index >= 15 is 0 Å². The van der Waals surface area contributed by atoms with Gasteiger partial charge in [-0.05, 0) is 19.2 Å². The van der Waals surface area contributed by atoms with E-state index in [1.807, 2.05) is 24.1 Å². The van der Waals surface area contributed by atoms with Gasteiger partial charge in [-0.3, -0.25) is 4.90 Å². The first-order valence-electron chi connectivity index (χ1n) is 4.13. The molecule has 0 atom stereocenters. The Kier molecular flexibility index (Phi) is 4.15. The molecule has 72 valence electrons.